The van der Waals surface area contributed by atoms with Crippen molar-refractivity contribution >= 4 is 139 Å². The molecule has 0 radical (unpaired) electrons. The molecule has 1 heteroatoms. The third kappa shape index (κ3) is 13.7. The van der Waals surface area contributed by atoms with Gasteiger partial charge < -0.3 is 0 Å². The fraction of sp³-hybridized carbons (Fsp3) is 0.0647. The molecule has 0 fully saturated rings. The Kier molecular flexibility index (Phi) is 19.1. The zero-order chi connectivity index (χ0) is 93.4. The van der Waals surface area contributed by atoms with Crippen molar-refractivity contribution in [2.75, 3.05) is 0 Å². The molecule has 0 atom stereocenters. The van der Waals surface area contributed by atoms with Crippen LogP contribution in [0.4, 0.5) is 0 Å². The summed E-state index contributed by atoms with van der Waals surface area (Å²) < 4.78 is 2.70. The zero-order valence-corrected chi connectivity index (χ0v) is 79.8. The summed E-state index contributed by atoms with van der Waals surface area (Å²) in [7, 11) is 0. The molecule has 26 aromatic rings. The van der Waals surface area contributed by atoms with Crippen LogP contribution in [0.2, 0.25) is 0 Å². The number of thiophene rings is 1. The van der Waals surface area contributed by atoms with Crippen LogP contribution >= 0.6 is 11.3 Å². The summed E-state index contributed by atoms with van der Waals surface area (Å²) in [6.07, 6.45) is 0. The van der Waals surface area contributed by atoms with Gasteiger partial charge in [0.25, 0.3) is 0 Å². The molecule has 1 heterocycles. The van der Waals surface area contributed by atoms with Crippen molar-refractivity contribution in [3.8, 4) is 122 Å². The molecule has 3 aliphatic rings. The van der Waals surface area contributed by atoms with Crippen LogP contribution in [0.15, 0.2) is 473 Å². The molecular weight excluding hydrogens is 1700 g/mol. The second-order valence-corrected chi connectivity index (χ2v) is 41.6. The minimum absolute atomic E-state index is 0.0307. The van der Waals surface area contributed by atoms with Gasteiger partial charge in [0, 0.05) is 42.0 Å². The van der Waals surface area contributed by atoms with E-state index in [0.717, 1.165) is 0 Å². The molecule has 0 N–H and O–H groups in total. The van der Waals surface area contributed by atoms with E-state index in [-0.39, 0.29) is 16.2 Å². The van der Waals surface area contributed by atoms with Gasteiger partial charge in [0.1, 0.15) is 0 Å². The van der Waals surface area contributed by atoms with E-state index in [0.29, 0.717) is 0 Å². The third-order valence-corrected chi connectivity index (χ3v) is 32.6. The highest BCUT2D eigenvalue weighted by molar-refractivity contribution is 7.26. The van der Waals surface area contributed by atoms with Gasteiger partial charge in [-0.25, -0.2) is 0 Å². The lowest BCUT2D eigenvalue weighted by Gasteiger charge is -2.24. The molecule has 0 nitrogen and oxygen atoms in total. The summed E-state index contributed by atoms with van der Waals surface area (Å²) in [6, 6.07) is 176. The highest BCUT2D eigenvalue weighted by Gasteiger charge is 2.41. The average molecular weight is 1800 g/mol. The summed E-state index contributed by atoms with van der Waals surface area (Å²) >= 11 is 1.90. The Labute approximate surface area is 819 Å². The van der Waals surface area contributed by atoms with Gasteiger partial charge in [0.05, 0.1) is 0 Å². The topological polar surface area (TPSA) is 0 Å². The second-order valence-electron chi connectivity index (χ2n) is 40.6. The summed E-state index contributed by atoms with van der Waals surface area (Å²) in [5, 5.41) is 28.5. The molecule has 0 amide bonds. The second kappa shape index (κ2) is 32.2. The Morgan fingerprint density at radius 2 is 0.436 bits per heavy atom. The minimum atomic E-state index is -0.119. The van der Waals surface area contributed by atoms with E-state index in [9.17, 15) is 0 Å². The maximum atomic E-state index is 2.49. The molecule has 0 unspecified atom stereocenters. The van der Waals surface area contributed by atoms with Gasteiger partial charge in [0.15, 0.2) is 0 Å². The number of rotatable bonds is 8. The monoisotopic (exact) mass is 1800 g/mol. The van der Waals surface area contributed by atoms with Gasteiger partial charge in [-0.05, 0) is 379 Å². The first-order chi connectivity index (χ1) is 68.6. The van der Waals surface area contributed by atoms with Crippen LogP contribution < -0.4 is 0 Å². The lowest BCUT2D eigenvalue weighted by molar-refractivity contribution is 0.662. The summed E-state index contributed by atoms with van der Waals surface area (Å²) in [6.45, 7) is 14.3. The van der Waals surface area contributed by atoms with Crippen molar-refractivity contribution in [2.45, 2.75) is 57.8 Å². The fourth-order valence-electron chi connectivity index (χ4n) is 24.0. The highest BCUT2D eigenvalue weighted by Crippen LogP contribution is 2.58. The van der Waals surface area contributed by atoms with Crippen LogP contribution in [-0.4, -0.2) is 0 Å². The SMILES string of the molecule is CC1(C)c2cc(-c3cccc(-c4ccc5cc(-c6ccc7ccccc7c6)ccc5c4)c3)c3ccccc3c2-c2ccc3ccccc3c21.CC1(C)c2cc3ccccc3cc2-c2cc3cc(-c4ccccc4-c4cccc5c4sc4ccccc45)ccc3cc21.CC1(C)c2cc3ccccc3cc2-c2cc3ccc(-c4cccc(-c5ccc6cc(-c7ccc8ccccc8c7)ccc6c5)c4)cc3cc21. The Balaban J connectivity index is 0.000000106. The van der Waals surface area contributed by atoms with Crippen LogP contribution in [0.1, 0.15) is 74.9 Å². The summed E-state index contributed by atoms with van der Waals surface area (Å²) in [4.78, 5) is 0. The van der Waals surface area contributed by atoms with Crippen molar-refractivity contribution < 1.29 is 0 Å². The molecule has 0 saturated heterocycles. The van der Waals surface area contributed by atoms with Crippen molar-refractivity contribution in [1.82, 2.24) is 0 Å². The largest absolute Gasteiger partial charge is 0.135 e. The maximum absolute atomic E-state index is 2.49. The molecule has 658 valence electrons. The maximum Gasteiger partial charge on any atom is 0.0434 e. The van der Waals surface area contributed by atoms with Gasteiger partial charge in [-0.3, -0.25) is 0 Å². The molecule has 3 aliphatic carbocycles. The molecule has 25 aromatic carbocycles. The Morgan fingerprint density at radius 1 is 0.143 bits per heavy atom. The van der Waals surface area contributed by atoms with Gasteiger partial charge in [-0.15, -0.1) is 11.3 Å². The van der Waals surface area contributed by atoms with Crippen molar-refractivity contribution in [3.63, 3.8) is 0 Å². The smallest absolute Gasteiger partial charge is 0.0434 e. The molecule has 0 spiro atoms. The van der Waals surface area contributed by atoms with Crippen molar-refractivity contribution in [3.05, 3.63) is 507 Å². The first-order valence-electron chi connectivity index (χ1n) is 49.2. The predicted molar refractivity (Wildman–Crippen MR) is 603 cm³/mol. The van der Waals surface area contributed by atoms with Crippen LogP contribution in [0.5, 0.6) is 0 Å². The molecular formula is C139H96S. The Bertz CT molecular complexity index is 9740. The van der Waals surface area contributed by atoms with E-state index in [4.69, 9.17) is 0 Å². The normalized spacial score (nSPS) is 13.4. The van der Waals surface area contributed by atoms with Gasteiger partial charge in [-0.2, -0.15) is 0 Å². The van der Waals surface area contributed by atoms with Crippen LogP contribution in [-0.2, 0) is 16.2 Å². The van der Waals surface area contributed by atoms with Crippen LogP contribution in [0, 0.1) is 0 Å². The molecule has 29 rings (SSSR count). The minimum Gasteiger partial charge on any atom is -0.135 e. The van der Waals surface area contributed by atoms with E-state index < -0.39 is 0 Å². The molecule has 0 bridgehead atoms. The average Bonchev–Trinajstić information content (AvgIpc) is 1.57. The molecule has 0 aliphatic heterocycles. The molecule has 0 saturated carbocycles. The quantitative estimate of drug-likeness (QED) is 0.142. The predicted octanol–water partition coefficient (Wildman–Crippen LogP) is 39.2. The summed E-state index contributed by atoms with van der Waals surface area (Å²) in [5.74, 6) is 0. The Morgan fingerprint density at radius 3 is 0.936 bits per heavy atom. The van der Waals surface area contributed by atoms with E-state index in [2.05, 4.69) is 515 Å². The molecule has 1 aromatic heterocycles. The number of hydrogen-bond acceptors (Lipinski definition) is 1. The van der Waals surface area contributed by atoms with E-state index in [1.54, 1.807) is 0 Å². The van der Waals surface area contributed by atoms with Crippen molar-refractivity contribution in [2.24, 2.45) is 0 Å². The van der Waals surface area contributed by atoms with Gasteiger partial charge >= 0.3 is 0 Å². The van der Waals surface area contributed by atoms with E-state index >= 15 is 0 Å². The van der Waals surface area contributed by atoms with Crippen molar-refractivity contribution in [1.29, 1.82) is 0 Å². The fourth-order valence-corrected chi connectivity index (χ4v) is 25.2. The third-order valence-electron chi connectivity index (χ3n) is 31.4. The lowest BCUT2D eigenvalue weighted by atomic mass is 9.79. The van der Waals surface area contributed by atoms with Crippen LogP contribution in [0.3, 0.4) is 0 Å². The number of hydrogen-bond donors (Lipinski definition) is 0. The first-order valence-corrected chi connectivity index (χ1v) is 50.0. The lowest BCUT2D eigenvalue weighted by Crippen LogP contribution is -2.15. The standard InChI is InChI=1S/2C49H34.C41H28S/c1-49(2)46-30-45(42-16-7-8-17-43(42)47(46)44-25-24-32-11-5-6-15-41(32)48(44)49)40-14-9-13-34(29-40)35-20-21-39-28-38(23-22-37(39)27-35)36-19-18-31-10-3-4-12-33(31)26-36;1-49(2)47-29-36-11-6-5-10-35(36)27-45(47)46-28-43-21-20-42(26-44(43)30-48(46)49)34-13-7-12-33(23-34)37-16-17-41-25-40(19-18-39(41)24-37)38-15-14-31-8-3-4-9-32(31)22-38;1-41(2)37-23-26-11-4-3-10-25(26)21-35(37)36-22-29-20-28(19-18-27(29)24-38(36)41)30-12-5-6-13-31(30)33-15-9-16-34-32-14-7-8-17-39(32)42-40(33)34/h2*3-30H,1-2H3;3-24H,1-2H3. The highest BCUT2D eigenvalue weighted by atomic mass is 32.1. The van der Waals surface area contributed by atoms with E-state index in [1.807, 2.05) is 11.3 Å². The Hall–Kier alpha value is -16.7. The number of benzene rings is 25. The molecule has 140 heavy (non-hydrogen) atoms. The first kappa shape index (κ1) is 82.8. The van der Waals surface area contributed by atoms with E-state index in [1.165, 1.54) is 284 Å². The van der Waals surface area contributed by atoms with Gasteiger partial charge in [-0.1, -0.05) is 393 Å². The van der Waals surface area contributed by atoms with Gasteiger partial charge in [0.2, 0.25) is 0 Å². The summed E-state index contributed by atoms with van der Waals surface area (Å²) in [5.41, 5.74) is 36.6. The van der Waals surface area contributed by atoms with Crippen LogP contribution in [0.25, 0.3) is 250 Å². The number of fused-ring (bicyclic) bond motifs is 24. The zero-order valence-electron chi connectivity index (χ0n) is 78.9.